The van der Waals surface area contributed by atoms with Crippen molar-refractivity contribution in [2.75, 3.05) is 31.4 Å². The van der Waals surface area contributed by atoms with Crippen molar-refractivity contribution in [3.8, 4) is 11.5 Å². The zero-order valence-corrected chi connectivity index (χ0v) is 15.8. The average molecular weight is 364 g/mol. The molecule has 2 aromatic carbocycles. The Morgan fingerprint density at radius 3 is 2.56 bits per heavy atom. The van der Waals surface area contributed by atoms with Crippen LogP contribution < -0.4 is 20.1 Å². The standard InChI is InChI=1S/C21H24N4O2/c1-15-6-4-5-7-17(15)24-21-23-13-11-20(25-21)22-12-10-16-8-9-18(26-2)19(14-16)27-3/h4-9,11,13-14H,10,12H2,1-3H3,(H2,22,23,24,25). The Balaban J connectivity index is 1.60. The molecule has 0 spiro atoms. The van der Waals surface area contributed by atoms with E-state index in [4.69, 9.17) is 9.47 Å². The molecule has 0 aliphatic heterocycles. The van der Waals surface area contributed by atoms with Gasteiger partial charge in [0.15, 0.2) is 11.5 Å². The second-order valence-electron chi connectivity index (χ2n) is 6.07. The molecule has 6 nitrogen and oxygen atoms in total. The molecule has 0 bridgehead atoms. The first-order valence-corrected chi connectivity index (χ1v) is 8.80. The molecular weight excluding hydrogens is 340 g/mol. The van der Waals surface area contributed by atoms with Crippen molar-refractivity contribution >= 4 is 17.5 Å². The SMILES string of the molecule is COc1ccc(CCNc2ccnc(Nc3ccccc3C)n2)cc1OC. The monoisotopic (exact) mass is 364 g/mol. The molecule has 6 heteroatoms. The number of para-hydroxylation sites is 1. The Kier molecular flexibility index (Phi) is 6.10. The van der Waals surface area contributed by atoms with E-state index < -0.39 is 0 Å². The van der Waals surface area contributed by atoms with Gasteiger partial charge < -0.3 is 20.1 Å². The maximum Gasteiger partial charge on any atom is 0.229 e. The van der Waals surface area contributed by atoms with Crippen molar-refractivity contribution in [3.63, 3.8) is 0 Å². The molecule has 0 saturated carbocycles. The highest BCUT2D eigenvalue weighted by molar-refractivity contribution is 5.58. The molecule has 0 radical (unpaired) electrons. The minimum atomic E-state index is 0.570. The lowest BCUT2D eigenvalue weighted by atomic mass is 10.1. The fraction of sp³-hybridized carbons (Fsp3) is 0.238. The molecular formula is C21H24N4O2. The zero-order chi connectivity index (χ0) is 19.1. The third kappa shape index (κ3) is 4.88. The Morgan fingerprint density at radius 2 is 1.78 bits per heavy atom. The van der Waals surface area contributed by atoms with Crippen LogP contribution in [0.1, 0.15) is 11.1 Å². The minimum absolute atomic E-state index is 0.570. The summed E-state index contributed by atoms with van der Waals surface area (Å²) in [6.07, 6.45) is 2.58. The normalized spacial score (nSPS) is 10.3. The summed E-state index contributed by atoms with van der Waals surface area (Å²) in [6, 6.07) is 15.9. The van der Waals surface area contributed by atoms with Gasteiger partial charge in [-0.15, -0.1) is 0 Å². The predicted molar refractivity (Wildman–Crippen MR) is 108 cm³/mol. The van der Waals surface area contributed by atoms with E-state index in [1.54, 1.807) is 20.4 Å². The summed E-state index contributed by atoms with van der Waals surface area (Å²) in [4.78, 5) is 8.81. The molecule has 0 amide bonds. The van der Waals surface area contributed by atoms with Gasteiger partial charge in [0.05, 0.1) is 14.2 Å². The highest BCUT2D eigenvalue weighted by Crippen LogP contribution is 2.27. The molecule has 0 atom stereocenters. The van der Waals surface area contributed by atoms with E-state index >= 15 is 0 Å². The van der Waals surface area contributed by atoms with E-state index in [1.807, 2.05) is 55.5 Å². The molecule has 140 valence electrons. The van der Waals surface area contributed by atoms with Crippen molar-refractivity contribution in [1.82, 2.24) is 9.97 Å². The van der Waals surface area contributed by atoms with E-state index in [0.29, 0.717) is 5.95 Å². The van der Waals surface area contributed by atoms with Gasteiger partial charge in [-0.05, 0) is 48.7 Å². The van der Waals surface area contributed by atoms with Gasteiger partial charge in [-0.25, -0.2) is 4.98 Å². The summed E-state index contributed by atoms with van der Waals surface area (Å²) in [6.45, 7) is 2.80. The van der Waals surface area contributed by atoms with Crippen LogP contribution in [-0.4, -0.2) is 30.7 Å². The quantitative estimate of drug-likeness (QED) is 0.624. The molecule has 0 aliphatic carbocycles. The van der Waals surface area contributed by atoms with Gasteiger partial charge in [0, 0.05) is 18.4 Å². The number of nitrogens with one attached hydrogen (secondary N) is 2. The maximum absolute atomic E-state index is 5.35. The first-order chi connectivity index (χ1) is 13.2. The minimum Gasteiger partial charge on any atom is -0.493 e. The van der Waals surface area contributed by atoms with Crippen LogP contribution in [-0.2, 0) is 6.42 Å². The Morgan fingerprint density at radius 1 is 0.963 bits per heavy atom. The number of hydrogen-bond acceptors (Lipinski definition) is 6. The number of ether oxygens (including phenoxy) is 2. The van der Waals surface area contributed by atoms with E-state index in [9.17, 15) is 0 Å². The number of aromatic nitrogens is 2. The number of aryl methyl sites for hydroxylation is 1. The van der Waals surface area contributed by atoms with Crippen molar-refractivity contribution in [2.24, 2.45) is 0 Å². The topological polar surface area (TPSA) is 68.3 Å². The van der Waals surface area contributed by atoms with Gasteiger partial charge >= 0.3 is 0 Å². The largest absolute Gasteiger partial charge is 0.493 e. The van der Waals surface area contributed by atoms with Crippen molar-refractivity contribution in [2.45, 2.75) is 13.3 Å². The molecule has 1 heterocycles. The van der Waals surface area contributed by atoms with Crippen LogP contribution in [0.3, 0.4) is 0 Å². The van der Waals surface area contributed by atoms with Crippen LogP contribution in [0.2, 0.25) is 0 Å². The average Bonchev–Trinajstić information content (AvgIpc) is 2.70. The number of anilines is 3. The molecule has 2 N–H and O–H groups in total. The second-order valence-corrected chi connectivity index (χ2v) is 6.07. The molecule has 3 aromatic rings. The third-order valence-electron chi connectivity index (χ3n) is 4.21. The summed E-state index contributed by atoms with van der Waals surface area (Å²) in [5, 5.41) is 6.59. The summed E-state index contributed by atoms with van der Waals surface area (Å²) in [5.74, 6) is 2.82. The number of methoxy groups -OCH3 is 2. The summed E-state index contributed by atoms with van der Waals surface area (Å²) in [7, 11) is 3.28. The highest BCUT2D eigenvalue weighted by atomic mass is 16.5. The van der Waals surface area contributed by atoms with Gasteiger partial charge in [-0.2, -0.15) is 4.98 Å². The number of hydrogen-bond donors (Lipinski definition) is 2. The molecule has 1 aromatic heterocycles. The van der Waals surface area contributed by atoms with Gasteiger partial charge in [0.2, 0.25) is 5.95 Å². The van der Waals surface area contributed by atoms with Crippen LogP contribution >= 0.6 is 0 Å². The van der Waals surface area contributed by atoms with E-state index in [0.717, 1.165) is 47.1 Å². The lowest BCUT2D eigenvalue weighted by Crippen LogP contribution is -2.08. The van der Waals surface area contributed by atoms with E-state index in [-0.39, 0.29) is 0 Å². The Bertz CT molecular complexity index is 899. The lowest BCUT2D eigenvalue weighted by Gasteiger charge is -2.11. The van der Waals surface area contributed by atoms with Crippen molar-refractivity contribution in [3.05, 3.63) is 65.9 Å². The molecule has 0 aliphatic rings. The van der Waals surface area contributed by atoms with Crippen LogP contribution in [0.5, 0.6) is 11.5 Å². The number of benzene rings is 2. The molecule has 3 rings (SSSR count). The number of rotatable bonds is 8. The summed E-state index contributed by atoms with van der Waals surface area (Å²) >= 11 is 0. The fourth-order valence-electron chi connectivity index (χ4n) is 2.72. The van der Waals surface area contributed by atoms with Crippen LogP contribution in [0.25, 0.3) is 0 Å². The van der Waals surface area contributed by atoms with Crippen LogP contribution in [0.4, 0.5) is 17.5 Å². The van der Waals surface area contributed by atoms with Gasteiger partial charge in [0.1, 0.15) is 5.82 Å². The molecule has 0 unspecified atom stereocenters. The first-order valence-electron chi connectivity index (χ1n) is 8.80. The second kappa shape index (κ2) is 8.89. The van der Waals surface area contributed by atoms with Crippen molar-refractivity contribution in [1.29, 1.82) is 0 Å². The van der Waals surface area contributed by atoms with E-state index in [2.05, 4.69) is 20.6 Å². The van der Waals surface area contributed by atoms with Crippen LogP contribution in [0, 0.1) is 6.92 Å². The van der Waals surface area contributed by atoms with Gasteiger partial charge in [0.25, 0.3) is 0 Å². The predicted octanol–water partition coefficient (Wildman–Crippen LogP) is 4.20. The summed E-state index contributed by atoms with van der Waals surface area (Å²) < 4.78 is 10.6. The lowest BCUT2D eigenvalue weighted by molar-refractivity contribution is 0.354. The highest BCUT2D eigenvalue weighted by Gasteiger charge is 2.05. The summed E-state index contributed by atoms with van der Waals surface area (Å²) in [5.41, 5.74) is 3.31. The molecule has 0 fully saturated rings. The van der Waals surface area contributed by atoms with Gasteiger partial charge in [-0.1, -0.05) is 24.3 Å². The Labute approximate surface area is 159 Å². The van der Waals surface area contributed by atoms with E-state index in [1.165, 1.54) is 0 Å². The smallest absolute Gasteiger partial charge is 0.229 e. The third-order valence-corrected chi connectivity index (χ3v) is 4.21. The first kappa shape index (κ1) is 18.5. The zero-order valence-electron chi connectivity index (χ0n) is 15.8. The number of nitrogens with zero attached hydrogens (tertiary/aromatic N) is 2. The maximum atomic E-state index is 5.35. The van der Waals surface area contributed by atoms with Crippen molar-refractivity contribution < 1.29 is 9.47 Å². The molecule has 27 heavy (non-hydrogen) atoms. The molecule has 0 saturated heterocycles. The fourth-order valence-corrected chi connectivity index (χ4v) is 2.72. The van der Waals surface area contributed by atoms with Gasteiger partial charge in [-0.3, -0.25) is 0 Å². The van der Waals surface area contributed by atoms with Crippen LogP contribution in [0.15, 0.2) is 54.7 Å². The Hall–Kier alpha value is -3.28.